The molecule has 0 aliphatic rings. The lowest BCUT2D eigenvalue weighted by Gasteiger charge is -2.14. The number of alkyl halides is 3. The fourth-order valence-electron chi connectivity index (χ4n) is 1.46. The number of nitrogens with one attached hydrogen (secondary N) is 1. The van der Waals surface area contributed by atoms with Gasteiger partial charge >= 0.3 is 6.18 Å². The van der Waals surface area contributed by atoms with E-state index in [2.05, 4.69) is 12.2 Å². The maximum absolute atomic E-state index is 12.7. The summed E-state index contributed by atoms with van der Waals surface area (Å²) in [4.78, 5) is -0.549. The third-order valence-corrected chi connectivity index (χ3v) is 4.01. The van der Waals surface area contributed by atoms with E-state index in [4.69, 9.17) is 5.73 Å². The van der Waals surface area contributed by atoms with Crippen molar-refractivity contribution in [2.24, 2.45) is 5.73 Å². The molecule has 106 valence electrons. The van der Waals surface area contributed by atoms with Crippen molar-refractivity contribution in [2.45, 2.75) is 18.0 Å². The minimum atomic E-state index is -4.61. The van der Waals surface area contributed by atoms with Crippen LogP contribution in [0.1, 0.15) is 11.1 Å². The number of hydrogen-bond donors (Lipinski definition) is 2. The molecule has 0 saturated heterocycles. The zero-order valence-corrected chi connectivity index (χ0v) is 11.4. The molecule has 0 amide bonds. The van der Waals surface area contributed by atoms with Crippen LogP contribution in [0.5, 0.6) is 0 Å². The van der Waals surface area contributed by atoms with Crippen LogP contribution in [0.25, 0.3) is 0 Å². The van der Waals surface area contributed by atoms with Crippen molar-refractivity contribution in [3.05, 3.63) is 29.3 Å². The van der Waals surface area contributed by atoms with E-state index in [9.17, 15) is 21.6 Å². The van der Waals surface area contributed by atoms with Gasteiger partial charge in [0.15, 0.2) is 0 Å². The van der Waals surface area contributed by atoms with Gasteiger partial charge in [-0.15, -0.1) is 0 Å². The molecule has 1 aromatic rings. The molecule has 0 aliphatic heterocycles. The first-order chi connectivity index (χ1) is 8.55. The summed E-state index contributed by atoms with van der Waals surface area (Å²) >= 11 is 4.50. The van der Waals surface area contributed by atoms with Crippen LogP contribution in [-0.4, -0.2) is 20.0 Å². The highest BCUT2D eigenvalue weighted by atomic mass is 32.2. The predicted octanol–water partition coefficient (Wildman–Crippen LogP) is 1.58. The number of rotatable bonds is 4. The van der Waals surface area contributed by atoms with E-state index in [1.54, 1.807) is 0 Å². The molecule has 0 spiro atoms. The number of benzene rings is 1. The van der Waals surface area contributed by atoms with Crippen molar-refractivity contribution in [1.29, 1.82) is 0 Å². The van der Waals surface area contributed by atoms with Gasteiger partial charge in [-0.3, -0.25) is 0 Å². The van der Waals surface area contributed by atoms with Crippen molar-refractivity contribution < 1.29 is 21.6 Å². The molecule has 9 heteroatoms. The minimum Gasteiger partial charge on any atom is -0.392 e. The fraction of sp³-hybridized carbons (Fsp3) is 0.300. The Morgan fingerprint density at radius 1 is 1.42 bits per heavy atom. The van der Waals surface area contributed by atoms with E-state index in [1.165, 1.54) is 0 Å². The van der Waals surface area contributed by atoms with Crippen molar-refractivity contribution >= 4 is 27.2 Å². The first kappa shape index (κ1) is 15.9. The largest absolute Gasteiger partial charge is 0.416 e. The Hall–Kier alpha value is -1.19. The van der Waals surface area contributed by atoms with Gasteiger partial charge in [0.25, 0.3) is 0 Å². The average Bonchev–Trinajstić information content (AvgIpc) is 2.25. The summed E-state index contributed by atoms with van der Waals surface area (Å²) in [6.07, 6.45) is -4.61. The molecule has 0 radical (unpaired) electrons. The van der Waals surface area contributed by atoms with Gasteiger partial charge in [-0.1, -0.05) is 18.3 Å². The second-order valence-corrected chi connectivity index (χ2v) is 5.98. The molecule has 3 N–H and O–H groups in total. The third kappa shape index (κ3) is 3.88. The molecule has 0 fully saturated rings. The van der Waals surface area contributed by atoms with Crippen LogP contribution in [0, 0.1) is 6.92 Å². The zero-order valence-electron chi connectivity index (χ0n) is 9.78. The Kier molecular flexibility index (Phi) is 4.54. The normalized spacial score (nSPS) is 12.4. The van der Waals surface area contributed by atoms with Crippen LogP contribution >= 0.6 is 12.2 Å². The topological polar surface area (TPSA) is 72.2 Å². The lowest BCUT2D eigenvalue weighted by Crippen LogP contribution is -2.33. The van der Waals surface area contributed by atoms with E-state index < -0.39 is 26.7 Å². The predicted molar refractivity (Wildman–Crippen MR) is 68.2 cm³/mol. The fourth-order valence-corrected chi connectivity index (χ4v) is 2.89. The lowest BCUT2D eigenvalue weighted by molar-refractivity contribution is -0.138. The Morgan fingerprint density at radius 3 is 2.47 bits per heavy atom. The molecule has 1 rings (SSSR count). The van der Waals surface area contributed by atoms with Crippen molar-refractivity contribution in [3.8, 4) is 0 Å². The molecule has 19 heavy (non-hydrogen) atoms. The van der Waals surface area contributed by atoms with E-state index in [1.807, 2.05) is 4.72 Å². The summed E-state index contributed by atoms with van der Waals surface area (Å²) in [6.45, 7) is 0.783. The van der Waals surface area contributed by atoms with Crippen LogP contribution in [0.4, 0.5) is 13.2 Å². The highest BCUT2D eigenvalue weighted by Crippen LogP contribution is 2.33. The van der Waals surface area contributed by atoms with E-state index >= 15 is 0 Å². The zero-order chi connectivity index (χ0) is 14.8. The standard InChI is InChI=1S/C10H11F3N2O2S2/c1-6-7(10(11,12)13)3-2-4-8(6)19(16,17)15-5-9(14)18/h2-4,15H,5H2,1H3,(H2,14,18). The number of halogens is 3. The second-order valence-electron chi connectivity index (χ2n) is 3.72. The quantitative estimate of drug-likeness (QED) is 0.828. The molecule has 0 aromatic heterocycles. The lowest BCUT2D eigenvalue weighted by atomic mass is 10.1. The van der Waals surface area contributed by atoms with Crippen LogP contribution in [0.2, 0.25) is 0 Å². The van der Waals surface area contributed by atoms with Gasteiger partial charge in [0.1, 0.15) is 0 Å². The second kappa shape index (κ2) is 5.43. The summed E-state index contributed by atoms with van der Waals surface area (Å²) < 4.78 is 63.7. The minimum absolute atomic E-state index is 0.104. The van der Waals surface area contributed by atoms with Crippen molar-refractivity contribution in [1.82, 2.24) is 4.72 Å². The number of sulfonamides is 1. The van der Waals surface area contributed by atoms with Crippen molar-refractivity contribution in [3.63, 3.8) is 0 Å². The Labute approximate surface area is 113 Å². The van der Waals surface area contributed by atoms with E-state index in [0.717, 1.165) is 25.1 Å². The SMILES string of the molecule is Cc1c(C(F)(F)F)cccc1S(=O)(=O)NCC(N)=S. The van der Waals surface area contributed by atoms with Gasteiger partial charge in [-0.25, -0.2) is 13.1 Å². The van der Waals surface area contributed by atoms with E-state index in [-0.39, 0.29) is 17.1 Å². The molecule has 0 heterocycles. The Balaban J connectivity index is 3.26. The molecule has 0 saturated carbocycles. The molecule has 0 unspecified atom stereocenters. The maximum Gasteiger partial charge on any atom is 0.416 e. The van der Waals surface area contributed by atoms with Gasteiger partial charge in [-0.05, 0) is 24.6 Å². The third-order valence-electron chi connectivity index (χ3n) is 2.32. The molecule has 0 aliphatic carbocycles. The molecule has 1 aromatic carbocycles. The summed E-state index contributed by atoms with van der Waals surface area (Å²) in [6, 6.07) is 2.94. The van der Waals surface area contributed by atoms with Crippen LogP contribution < -0.4 is 10.5 Å². The van der Waals surface area contributed by atoms with Gasteiger partial charge in [0.2, 0.25) is 10.0 Å². The maximum atomic E-state index is 12.7. The van der Waals surface area contributed by atoms with Crippen molar-refractivity contribution in [2.75, 3.05) is 6.54 Å². The number of hydrogen-bond acceptors (Lipinski definition) is 3. The molecular formula is C10H11F3N2O2S2. The summed E-state index contributed by atoms with van der Waals surface area (Å²) in [5.74, 6) is 0. The number of thiocarbonyl (C=S) groups is 1. The summed E-state index contributed by atoms with van der Waals surface area (Å²) in [5.41, 5.74) is 3.77. The Bertz CT molecular complexity index is 597. The van der Waals surface area contributed by atoms with E-state index in [0.29, 0.717) is 0 Å². The highest BCUT2D eigenvalue weighted by Gasteiger charge is 2.34. The molecule has 0 atom stereocenters. The van der Waals surface area contributed by atoms with Crippen LogP contribution in [0.15, 0.2) is 23.1 Å². The van der Waals surface area contributed by atoms with Gasteiger partial charge in [0, 0.05) is 0 Å². The smallest absolute Gasteiger partial charge is 0.392 e. The first-order valence-electron chi connectivity index (χ1n) is 5.00. The van der Waals surface area contributed by atoms with Crippen LogP contribution in [-0.2, 0) is 16.2 Å². The Morgan fingerprint density at radius 2 is 2.00 bits per heavy atom. The molecular weight excluding hydrogens is 301 g/mol. The van der Waals surface area contributed by atoms with Gasteiger partial charge in [0.05, 0.1) is 22.0 Å². The summed E-state index contributed by atoms with van der Waals surface area (Å²) in [5, 5.41) is 0. The molecule has 0 bridgehead atoms. The van der Waals surface area contributed by atoms with Gasteiger partial charge in [-0.2, -0.15) is 13.2 Å². The first-order valence-corrected chi connectivity index (χ1v) is 6.89. The van der Waals surface area contributed by atoms with Gasteiger partial charge < -0.3 is 5.73 Å². The monoisotopic (exact) mass is 312 g/mol. The average molecular weight is 312 g/mol. The highest BCUT2D eigenvalue weighted by molar-refractivity contribution is 7.89. The van der Waals surface area contributed by atoms with Crippen LogP contribution in [0.3, 0.4) is 0 Å². The number of nitrogens with two attached hydrogens (primary N) is 1. The summed E-state index contributed by atoms with van der Waals surface area (Å²) in [7, 11) is -4.09. The molecule has 4 nitrogen and oxygen atoms in total.